The summed E-state index contributed by atoms with van der Waals surface area (Å²) in [5.41, 5.74) is -0.771. The molecule has 6 nitrogen and oxygen atoms in total. The van der Waals surface area contributed by atoms with Crippen molar-refractivity contribution < 1.29 is 29.5 Å². The van der Waals surface area contributed by atoms with Gasteiger partial charge in [0.2, 0.25) is 0 Å². The summed E-state index contributed by atoms with van der Waals surface area (Å²) in [7, 11) is 0. The van der Waals surface area contributed by atoms with Crippen LogP contribution in [0.5, 0.6) is 0 Å². The molecule has 0 aliphatic rings. The number of aliphatic carboxylic acids is 1. The van der Waals surface area contributed by atoms with Crippen LogP contribution in [0.15, 0.2) is 42.0 Å². The zero-order chi connectivity index (χ0) is 17.7. The van der Waals surface area contributed by atoms with E-state index < -0.39 is 23.0 Å². The van der Waals surface area contributed by atoms with E-state index in [-0.39, 0.29) is 5.57 Å². The second-order valence-corrected chi connectivity index (χ2v) is 6.54. The van der Waals surface area contributed by atoms with Gasteiger partial charge in [0.05, 0.1) is 5.57 Å². The molecule has 0 aromatic heterocycles. The van der Waals surface area contributed by atoms with Crippen molar-refractivity contribution >= 4 is 11.9 Å². The first-order valence-electron chi connectivity index (χ1n) is 7.11. The van der Waals surface area contributed by atoms with Gasteiger partial charge in [-0.05, 0) is 29.9 Å². The van der Waals surface area contributed by atoms with E-state index in [1.54, 1.807) is 34.6 Å². The maximum Gasteiger partial charge on any atom is 0.373 e. The summed E-state index contributed by atoms with van der Waals surface area (Å²) in [6, 6.07) is 9.25. The Morgan fingerprint density at radius 3 is 2.09 bits per heavy atom. The topological polar surface area (TPSA) is 82.1 Å². The van der Waals surface area contributed by atoms with E-state index in [1.165, 1.54) is 0 Å². The molecule has 6 heteroatoms. The van der Waals surface area contributed by atoms with Crippen LogP contribution in [0, 0.1) is 5.41 Å². The molecule has 126 valence electrons. The van der Waals surface area contributed by atoms with Crippen molar-refractivity contribution in [2.24, 2.45) is 5.41 Å². The second-order valence-electron chi connectivity index (χ2n) is 6.54. The van der Waals surface area contributed by atoms with Crippen molar-refractivity contribution in [2.75, 3.05) is 0 Å². The summed E-state index contributed by atoms with van der Waals surface area (Å²) in [6.45, 7) is 8.56. The highest BCUT2D eigenvalue weighted by Crippen LogP contribution is 2.28. The molecule has 1 aromatic rings. The Hall–Kier alpha value is -2.18. The van der Waals surface area contributed by atoms with E-state index in [1.807, 2.05) is 30.3 Å². The smallest absolute Gasteiger partial charge is 0.373 e. The largest absolute Gasteiger partial charge is 0.478 e. The fraction of sp³-hybridized carbons (Fsp3) is 0.412. The molecule has 0 unspecified atom stereocenters. The van der Waals surface area contributed by atoms with Crippen LogP contribution in [0.4, 0.5) is 0 Å². The predicted molar refractivity (Wildman–Crippen MR) is 82.9 cm³/mol. The molecule has 0 spiro atoms. The highest BCUT2D eigenvalue weighted by molar-refractivity contribution is 5.96. The first-order chi connectivity index (χ1) is 10.5. The van der Waals surface area contributed by atoms with Gasteiger partial charge in [0, 0.05) is 6.08 Å². The van der Waals surface area contributed by atoms with Gasteiger partial charge in [-0.3, -0.25) is 4.89 Å². The lowest BCUT2D eigenvalue weighted by atomic mass is 9.86. The van der Waals surface area contributed by atoms with Crippen molar-refractivity contribution in [3.05, 3.63) is 47.5 Å². The molecule has 0 aliphatic heterocycles. The summed E-state index contributed by atoms with van der Waals surface area (Å²) in [4.78, 5) is 32.5. The van der Waals surface area contributed by atoms with Crippen molar-refractivity contribution in [2.45, 2.75) is 40.2 Å². The Morgan fingerprint density at radius 1 is 1.04 bits per heavy atom. The minimum absolute atomic E-state index is 0.0360. The van der Waals surface area contributed by atoms with E-state index in [0.717, 1.165) is 11.6 Å². The number of hydrogen-bond acceptors (Lipinski definition) is 5. The zero-order valence-electron chi connectivity index (χ0n) is 14.0. The molecule has 0 amide bonds. The number of hydrogen-bond donors (Lipinski definition) is 1. The quantitative estimate of drug-likeness (QED) is 0.491. The van der Waals surface area contributed by atoms with Crippen LogP contribution < -0.4 is 0 Å². The fourth-order valence-corrected chi connectivity index (χ4v) is 1.77. The Bertz CT molecular complexity index is 581. The average Bonchev–Trinajstić information content (AvgIpc) is 2.44. The number of carbonyl (C=O) groups excluding carboxylic acids is 1. The van der Waals surface area contributed by atoms with Crippen LogP contribution >= 0.6 is 0 Å². The number of carboxylic acid groups (broad SMARTS) is 1. The average molecular weight is 322 g/mol. The lowest BCUT2D eigenvalue weighted by Crippen LogP contribution is -2.25. The molecule has 1 rings (SSSR count). The first-order valence-corrected chi connectivity index (χ1v) is 7.11. The fourth-order valence-electron chi connectivity index (χ4n) is 1.77. The van der Waals surface area contributed by atoms with Crippen molar-refractivity contribution in [1.82, 2.24) is 0 Å². The Labute approximate surface area is 135 Å². The third kappa shape index (κ3) is 5.84. The van der Waals surface area contributed by atoms with Crippen LogP contribution in [0.25, 0.3) is 0 Å². The normalized spacial score (nSPS) is 12.8. The van der Waals surface area contributed by atoms with E-state index in [2.05, 4.69) is 9.93 Å². The predicted octanol–water partition coefficient (Wildman–Crippen LogP) is 3.39. The van der Waals surface area contributed by atoms with Crippen molar-refractivity contribution in [3.8, 4) is 0 Å². The summed E-state index contributed by atoms with van der Waals surface area (Å²) >= 11 is 0. The van der Waals surface area contributed by atoms with E-state index in [0.29, 0.717) is 0 Å². The van der Waals surface area contributed by atoms with Gasteiger partial charge in [-0.25, -0.2) is 9.59 Å². The molecule has 0 bridgehead atoms. The van der Waals surface area contributed by atoms with Crippen molar-refractivity contribution in [1.29, 1.82) is 0 Å². The monoisotopic (exact) mass is 322 g/mol. The van der Waals surface area contributed by atoms with E-state index in [4.69, 9.17) is 9.99 Å². The molecule has 1 aromatic carbocycles. The molecule has 0 saturated heterocycles. The third-order valence-corrected chi connectivity index (χ3v) is 3.12. The molecule has 0 fully saturated rings. The zero-order valence-corrected chi connectivity index (χ0v) is 14.0. The standard InChI is InChI=1S/C17H22O6/c1-16(2,3)13(11-14(18)19)15(20)21-23-22-17(4,5)12-9-7-6-8-10-12/h6-11H,1-5H3,(H,18,19). The van der Waals surface area contributed by atoms with Crippen LogP contribution in [0.3, 0.4) is 0 Å². The van der Waals surface area contributed by atoms with Crippen molar-refractivity contribution in [3.63, 3.8) is 0 Å². The second kappa shape index (κ2) is 7.39. The summed E-state index contributed by atoms with van der Waals surface area (Å²) in [5.74, 6) is -2.15. The number of carboxylic acids is 1. The molecule has 23 heavy (non-hydrogen) atoms. The van der Waals surface area contributed by atoms with Crippen LogP contribution in [-0.2, 0) is 30.0 Å². The summed E-state index contributed by atoms with van der Waals surface area (Å²) in [6.07, 6.45) is 0.800. The van der Waals surface area contributed by atoms with Gasteiger partial charge in [0.1, 0.15) is 5.60 Å². The summed E-state index contributed by atoms with van der Waals surface area (Å²) in [5, 5.41) is 13.4. The van der Waals surface area contributed by atoms with Crippen LogP contribution in [0.2, 0.25) is 0 Å². The Kier molecular flexibility index (Phi) is 6.06. The SMILES string of the molecule is CC(C)(C)C(=CC(=O)O)C(=O)OOOC(C)(C)c1ccccc1. The lowest BCUT2D eigenvalue weighted by Gasteiger charge is -2.23. The molecule has 0 aliphatic carbocycles. The van der Waals surface area contributed by atoms with Gasteiger partial charge < -0.3 is 5.11 Å². The van der Waals surface area contributed by atoms with Crippen LogP contribution in [-0.4, -0.2) is 17.0 Å². The van der Waals surface area contributed by atoms with Gasteiger partial charge in [-0.1, -0.05) is 51.1 Å². The first kappa shape index (κ1) is 18.9. The molecular weight excluding hydrogens is 300 g/mol. The van der Waals surface area contributed by atoms with Gasteiger partial charge in [0.25, 0.3) is 0 Å². The maximum absolute atomic E-state index is 12.0. The Balaban J connectivity index is 2.70. The molecule has 0 heterocycles. The minimum atomic E-state index is -1.24. The summed E-state index contributed by atoms with van der Waals surface area (Å²) < 4.78 is 0. The highest BCUT2D eigenvalue weighted by atomic mass is 17.5. The van der Waals surface area contributed by atoms with E-state index in [9.17, 15) is 9.59 Å². The highest BCUT2D eigenvalue weighted by Gasteiger charge is 2.29. The number of carbonyl (C=O) groups is 2. The Morgan fingerprint density at radius 2 is 1.61 bits per heavy atom. The van der Waals surface area contributed by atoms with Gasteiger partial charge in [-0.15, -0.1) is 0 Å². The van der Waals surface area contributed by atoms with Crippen LogP contribution in [0.1, 0.15) is 40.2 Å². The number of rotatable bonds is 6. The van der Waals surface area contributed by atoms with E-state index >= 15 is 0 Å². The van der Waals surface area contributed by atoms with Gasteiger partial charge >= 0.3 is 11.9 Å². The maximum atomic E-state index is 12.0. The van der Waals surface area contributed by atoms with Gasteiger partial charge in [0.15, 0.2) is 0 Å². The molecule has 0 radical (unpaired) electrons. The molecule has 1 N–H and O–H groups in total. The van der Waals surface area contributed by atoms with Gasteiger partial charge in [-0.2, -0.15) is 4.89 Å². The molecule has 0 atom stereocenters. The lowest BCUT2D eigenvalue weighted by molar-refractivity contribution is -0.519. The molecular formula is C17H22O6. The third-order valence-electron chi connectivity index (χ3n) is 3.12. The minimum Gasteiger partial charge on any atom is -0.478 e. The molecule has 0 saturated carbocycles. The number of benzene rings is 1.